The Bertz CT molecular complexity index is 476. The molecule has 1 aromatic rings. The average Bonchev–Trinajstić information content (AvgIpc) is 3.22. The maximum atomic E-state index is 13.2. The van der Waals surface area contributed by atoms with E-state index in [4.69, 9.17) is 10.5 Å². The van der Waals surface area contributed by atoms with Crippen LogP contribution in [0.15, 0.2) is 24.3 Å². The van der Waals surface area contributed by atoms with E-state index in [1.807, 2.05) is 0 Å². The smallest absolute Gasteiger partial charge is 0.327 e. The summed E-state index contributed by atoms with van der Waals surface area (Å²) in [5.41, 5.74) is 5.90. The van der Waals surface area contributed by atoms with Crippen LogP contribution in [0.2, 0.25) is 0 Å². The van der Waals surface area contributed by atoms with Gasteiger partial charge in [0.1, 0.15) is 11.4 Å². The molecule has 1 aliphatic carbocycles. The minimum Gasteiger partial charge on any atom is -0.468 e. The molecule has 0 aliphatic heterocycles. The lowest BCUT2D eigenvalue weighted by Gasteiger charge is -2.32. The van der Waals surface area contributed by atoms with E-state index in [-0.39, 0.29) is 11.7 Å². The Kier molecular flexibility index (Phi) is 3.75. The predicted molar refractivity (Wildman–Crippen MR) is 71.3 cm³/mol. The number of nitrogens with two attached hydrogens (primary N) is 1. The van der Waals surface area contributed by atoms with Crippen molar-refractivity contribution < 1.29 is 13.9 Å². The number of hydrogen-bond donors (Lipinski definition) is 1. The lowest BCUT2D eigenvalue weighted by molar-refractivity contribution is -0.147. The van der Waals surface area contributed by atoms with Gasteiger partial charge in [-0.3, -0.25) is 0 Å². The van der Waals surface area contributed by atoms with Gasteiger partial charge in [-0.05, 0) is 37.0 Å². The molecule has 19 heavy (non-hydrogen) atoms. The SMILES string of the molecule is COC(=O)C(N)(CN(C)c1cccc(F)c1)C1CC1. The van der Waals surface area contributed by atoms with Crippen molar-refractivity contribution in [2.24, 2.45) is 11.7 Å². The fraction of sp³-hybridized carbons (Fsp3) is 0.500. The van der Waals surface area contributed by atoms with E-state index in [1.165, 1.54) is 19.2 Å². The highest BCUT2D eigenvalue weighted by molar-refractivity contribution is 5.82. The minimum absolute atomic E-state index is 0.149. The molecule has 5 heteroatoms. The molecule has 104 valence electrons. The number of hydrogen-bond acceptors (Lipinski definition) is 4. The molecular formula is C14H19FN2O2. The van der Waals surface area contributed by atoms with Crippen molar-refractivity contribution in [3.8, 4) is 0 Å². The van der Waals surface area contributed by atoms with Gasteiger partial charge in [-0.1, -0.05) is 6.07 Å². The first-order valence-corrected chi connectivity index (χ1v) is 6.31. The Balaban J connectivity index is 2.15. The van der Waals surface area contributed by atoms with Crippen LogP contribution in [0.3, 0.4) is 0 Å². The highest BCUT2D eigenvalue weighted by Crippen LogP contribution is 2.39. The highest BCUT2D eigenvalue weighted by Gasteiger charge is 2.49. The van der Waals surface area contributed by atoms with E-state index < -0.39 is 11.5 Å². The number of anilines is 1. The summed E-state index contributed by atoms with van der Waals surface area (Å²) < 4.78 is 18.0. The van der Waals surface area contributed by atoms with Crippen LogP contribution in [-0.4, -0.2) is 32.2 Å². The van der Waals surface area contributed by atoms with Crippen LogP contribution < -0.4 is 10.6 Å². The highest BCUT2D eigenvalue weighted by atomic mass is 19.1. The van der Waals surface area contributed by atoms with Crippen LogP contribution in [0.5, 0.6) is 0 Å². The number of benzene rings is 1. The molecule has 0 spiro atoms. The lowest BCUT2D eigenvalue weighted by atomic mass is 9.93. The van der Waals surface area contributed by atoms with Gasteiger partial charge in [-0.15, -0.1) is 0 Å². The van der Waals surface area contributed by atoms with E-state index >= 15 is 0 Å². The van der Waals surface area contributed by atoms with E-state index in [9.17, 15) is 9.18 Å². The molecule has 0 saturated heterocycles. The standard InChI is InChI=1S/C14H19FN2O2/c1-17(12-5-3-4-11(15)8-12)9-14(16,10-6-7-10)13(18)19-2/h3-5,8,10H,6-7,9,16H2,1-2H3. The number of likely N-dealkylation sites (N-methyl/N-ethyl adjacent to an activating group) is 1. The summed E-state index contributed by atoms with van der Waals surface area (Å²) in [6, 6.07) is 6.22. The molecule has 1 aliphatic rings. The number of halogens is 1. The Morgan fingerprint density at radius 3 is 2.79 bits per heavy atom. The molecule has 1 atom stereocenters. The molecule has 2 N–H and O–H groups in total. The molecule has 1 aromatic carbocycles. The first kappa shape index (κ1) is 13.8. The van der Waals surface area contributed by atoms with Crippen molar-refractivity contribution in [2.45, 2.75) is 18.4 Å². The van der Waals surface area contributed by atoms with Crippen molar-refractivity contribution in [1.29, 1.82) is 0 Å². The van der Waals surface area contributed by atoms with Crippen LogP contribution in [-0.2, 0) is 9.53 Å². The number of methoxy groups -OCH3 is 1. The Morgan fingerprint density at radius 1 is 1.58 bits per heavy atom. The zero-order valence-corrected chi connectivity index (χ0v) is 11.2. The lowest BCUT2D eigenvalue weighted by Crippen LogP contribution is -2.58. The zero-order valence-electron chi connectivity index (χ0n) is 11.2. The molecule has 0 amide bonds. The first-order chi connectivity index (χ1) is 8.97. The van der Waals surface area contributed by atoms with Gasteiger partial charge in [0.25, 0.3) is 0 Å². The molecule has 0 heterocycles. The average molecular weight is 266 g/mol. The fourth-order valence-electron chi connectivity index (χ4n) is 2.35. The van der Waals surface area contributed by atoms with Crippen molar-refractivity contribution in [2.75, 3.05) is 25.6 Å². The van der Waals surface area contributed by atoms with E-state index in [0.717, 1.165) is 12.8 Å². The summed E-state index contributed by atoms with van der Waals surface area (Å²) in [5, 5.41) is 0. The molecule has 0 aromatic heterocycles. The van der Waals surface area contributed by atoms with E-state index in [0.29, 0.717) is 12.2 Å². The fourth-order valence-corrected chi connectivity index (χ4v) is 2.35. The second kappa shape index (κ2) is 5.17. The quantitative estimate of drug-likeness (QED) is 0.821. The van der Waals surface area contributed by atoms with Gasteiger partial charge in [-0.25, -0.2) is 9.18 Å². The maximum Gasteiger partial charge on any atom is 0.327 e. The van der Waals surface area contributed by atoms with Crippen LogP contribution in [0.4, 0.5) is 10.1 Å². The molecule has 2 rings (SSSR count). The van der Waals surface area contributed by atoms with E-state index in [1.54, 1.807) is 24.1 Å². The summed E-state index contributed by atoms with van der Waals surface area (Å²) >= 11 is 0. The van der Waals surface area contributed by atoms with Gasteiger partial charge >= 0.3 is 5.97 Å². The second-order valence-electron chi connectivity index (χ2n) is 5.14. The zero-order chi connectivity index (χ0) is 14.0. The monoisotopic (exact) mass is 266 g/mol. The largest absolute Gasteiger partial charge is 0.468 e. The summed E-state index contributed by atoms with van der Waals surface area (Å²) in [6.07, 6.45) is 1.87. The van der Waals surface area contributed by atoms with Gasteiger partial charge in [0.15, 0.2) is 0 Å². The summed E-state index contributed by atoms with van der Waals surface area (Å²) in [5.74, 6) is -0.564. The van der Waals surface area contributed by atoms with Crippen molar-refractivity contribution >= 4 is 11.7 Å². The molecule has 1 unspecified atom stereocenters. The normalized spacial score (nSPS) is 17.7. The predicted octanol–water partition coefficient (Wildman–Crippen LogP) is 1.54. The van der Waals surface area contributed by atoms with Crippen LogP contribution in [0.1, 0.15) is 12.8 Å². The number of esters is 1. The third-order valence-electron chi connectivity index (χ3n) is 3.62. The number of carbonyl (C=O) groups is 1. The van der Waals surface area contributed by atoms with Gasteiger partial charge in [0.2, 0.25) is 0 Å². The van der Waals surface area contributed by atoms with Crippen LogP contribution >= 0.6 is 0 Å². The van der Waals surface area contributed by atoms with Crippen LogP contribution in [0.25, 0.3) is 0 Å². The summed E-state index contributed by atoms with van der Waals surface area (Å²) in [7, 11) is 3.14. The third-order valence-corrected chi connectivity index (χ3v) is 3.62. The van der Waals surface area contributed by atoms with Gasteiger partial charge in [0, 0.05) is 19.3 Å². The van der Waals surface area contributed by atoms with E-state index in [2.05, 4.69) is 0 Å². The maximum absolute atomic E-state index is 13.2. The Hall–Kier alpha value is -1.62. The minimum atomic E-state index is -1.02. The van der Waals surface area contributed by atoms with Gasteiger partial charge in [0.05, 0.1) is 7.11 Å². The molecular weight excluding hydrogens is 247 g/mol. The summed E-state index contributed by atoms with van der Waals surface area (Å²) in [4.78, 5) is 13.7. The number of ether oxygens (including phenoxy) is 1. The van der Waals surface area contributed by atoms with Crippen molar-refractivity contribution in [3.05, 3.63) is 30.1 Å². The number of rotatable bonds is 5. The first-order valence-electron chi connectivity index (χ1n) is 6.31. The van der Waals surface area contributed by atoms with Crippen LogP contribution in [0, 0.1) is 11.7 Å². The van der Waals surface area contributed by atoms with Gasteiger partial charge in [-0.2, -0.15) is 0 Å². The second-order valence-corrected chi connectivity index (χ2v) is 5.14. The number of carbonyl (C=O) groups excluding carboxylic acids is 1. The number of nitrogens with zero attached hydrogens (tertiary/aromatic N) is 1. The Labute approximate surface area is 112 Å². The summed E-state index contributed by atoms with van der Waals surface area (Å²) in [6.45, 7) is 0.313. The molecule has 1 fully saturated rings. The molecule has 1 saturated carbocycles. The Morgan fingerprint density at radius 2 is 2.26 bits per heavy atom. The van der Waals surface area contributed by atoms with Gasteiger partial charge < -0.3 is 15.4 Å². The van der Waals surface area contributed by atoms with Crippen molar-refractivity contribution in [1.82, 2.24) is 0 Å². The topological polar surface area (TPSA) is 55.6 Å². The molecule has 0 bridgehead atoms. The molecule has 4 nitrogen and oxygen atoms in total. The van der Waals surface area contributed by atoms with Crippen molar-refractivity contribution in [3.63, 3.8) is 0 Å². The third kappa shape index (κ3) is 2.87. The molecule has 0 radical (unpaired) electrons.